The zero-order valence-corrected chi connectivity index (χ0v) is 23.9. The van der Waals surface area contributed by atoms with E-state index in [2.05, 4.69) is 26.1 Å². The summed E-state index contributed by atoms with van der Waals surface area (Å²) in [5.74, 6) is 0.210. The van der Waals surface area contributed by atoms with E-state index in [1.807, 2.05) is 72.8 Å². The predicted octanol–water partition coefficient (Wildman–Crippen LogP) is 6.72. The molecule has 0 saturated heterocycles. The van der Waals surface area contributed by atoms with Crippen LogP contribution in [0.25, 0.3) is 0 Å². The number of halogens is 1. The lowest BCUT2D eigenvalue weighted by atomic mass is 9.87. The number of carbonyl (C=O) groups excluding carboxylic acids is 2. The first kappa shape index (κ1) is 28.7. The van der Waals surface area contributed by atoms with Crippen molar-refractivity contribution >= 4 is 23.4 Å². The van der Waals surface area contributed by atoms with Gasteiger partial charge in [0, 0.05) is 24.0 Å². The van der Waals surface area contributed by atoms with Gasteiger partial charge in [0.25, 0.3) is 5.91 Å². The monoisotopic (exact) mass is 546 g/mol. The van der Waals surface area contributed by atoms with Gasteiger partial charge in [0.15, 0.2) is 6.61 Å². The van der Waals surface area contributed by atoms with Gasteiger partial charge in [-0.25, -0.2) is 0 Å². The van der Waals surface area contributed by atoms with Crippen molar-refractivity contribution in [2.24, 2.45) is 0 Å². The fraction of sp³-hybridized carbons (Fsp3) is 0.394. The van der Waals surface area contributed by atoms with Crippen molar-refractivity contribution in [3.05, 3.63) is 101 Å². The number of nitrogens with zero attached hydrogens (tertiary/aromatic N) is 1. The molecule has 1 aliphatic rings. The number of nitrogens with one attached hydrogen (secondary N) is 1. The van der Waals surface area contributed by atoms with Gasteiger partial charge in [-0.05, 0) is 53.1 Å². The van der Waals surface area contributed by atoms with Gasteiger partial charge >= 0.3 is 0 Å². The van der Waals surface area contributed by atoms with Crippen LogP contribution in [0.4, 0.5) is 0 Å². The molecule has 0 heterocycles. The first-order chi connectivity index (χ1) is 18.7. The van der Waals surface area contributed by atoms with Crippen molar-refractivity contribution in [2.75, 3.05) is 6.61 Å². The maximum atomic E-state index is 13.8. The van der Waals surface area contributed by atoms with Gasteiger partial charge in [-0.15, -0.1) is 0 Å². The van der Waals surface area contributed by atoms with E-state index in [4.69, 9.17) is 16.3 Å². The van der Waals surface area contributed by atoms with E-state index in [1.54, 1.807) is 11.0 Å². The second-order valence-corrected chi connectivity index (χ2v) is 11.8. The standard InChI is InChI=1S/C33H39ClN2O3/c1-33(2,3)26-17-19-28(20-18-26)39-23-31(37)36(22-25-13-7-10-16-29(25)34)30(21-24-11-5-4-6-12-24)32(38)35-27-14-8-9-15-27/h4-7,10-13,16-20,27,30H,8-9,14-15,21-23H2,1-3H3,(H,35,38)/t30-/m0/s1. The fourth-order valence-electron chi connectivity index (χ4n) is 5.01. The molecule has 3 aromatic carbocycles. The zero-order chi connectivity index (χ0) is 27.8. The van der Waals surface area contributed by atoms with Gasteiger partial charge in [0.1, 0.15) is 11.8 Å². The zero-order valence-electron chi connectivity index (χ0n) is 23.2. The summed E-state index contributed by atoms with van der Waals surface area (Å²) < 4.78 is 5.94. The molecule has 206 valence electrons. The number of amides is 2. The van der Waals surface area contributed by atoms with Crippen LogP contribution in [-0.2, 0) is 28.0 Å². The van der Waals surface area contributed by atoms with Crippen LogP contribution < -0.4 is 10.1 Å². The van der Waals surface area contributed by atoms with Crippen LogP contribution in [0.2, 0.25) is 5.02 Å². The number of hydrogen-bond donors (Lipinski definition) is 1. The van der Waals surface area contributed by atoms with Crippen LogP contribution >= 0.6 is 11.6 Å². The highest BCUT2D eigenvalue weighted by Crippen LogP contribution is 2.25. The fourth-order valence-corrected chi connectivity index (χ4v) is 5.21. The summed E-state index contributed by atoms with van der Waals surface area (Å²) in [5.41, 5.74) is 2.98. The first-order valence-corrected chi connectivity index (χ1v) is 14.2. The van der Waals surface area contributed by atoms with Gasteiger partial charge in [-0.1, -0.05) is 106 Å². The van der Waals surface area contributed by atoms with Crippen molar-refractivity contribution in [1.82, 2.24) is 10.2 Å². The quantitative estimate of drug-likeness (QED) is 0.307. The van der Waals surface area contributed by atoms with E-state index in [1.165, 1.54) is 5.56 Å². The topological polar surface area (TPSA) is 58.6 Å². The largest absolute Gasteiger partial charge is 0.484 e. The highest BCUT2D eigenvalue weighted by Gasteiger charge is 2.32. The van der Waals surface area contributed by atoms with Gasteiger partial charge in [0.05, 0.1) is 0 Å². The molecular weight excluding hydrogens is 508 g/mol. The summed E-state index contributed by atoms with van der Waals surface area (Å²) in [6.07, 6.45) is 4.55. The summed E-state index contributed by atoms with van der Waals surface area (Å²) in [5, 5.41) is 3.78. The Morgan fingerprint density at radius 3 is 2.23 bits per heavy atom. The molecule has 1 fully saturated rings. The predicted molar refractivity (Wildman–Crippen MR) is 157 cm³/mol. The Balaban J connectivity index is 1.59. The highest BCUT2D eigenvalue weighted by molar-refractivity contribution is 6.31. The van der Waals surface area contributed by atoms with Crippen LogP contribution in [0.5, 0.6) is 5.75 Å². The molecule has 5 nitrogen and oxygen atoms in total. The van der Waals surface area contributed by atoms with Gasteiger partial charge in [-0.3, -0.25) is 9.59 Å². The van der Waals surface area contributed by atoms with Crippen molar-refractivity contribution < 1.29 is 14.3 Å². The normalized spacial score (nSPS) is 14.6. The maximum Gasteiger partial charge on any atom is 0.261 e. The Morgan fingerprint density at radius 2 is 1.59 bits per heavy atom. The molecular formula is C33H39ClN2O3. The molecule has 0 unspecified atom stereocenters. The molecule has 0 radical (unpaired) electrons. The first-order valence-electron chi connectivity index (χ1n) is 13.8. The van der Waals surface area contributed by atoms with Crippen molar-refractivity contribution in [1.29, 1.82) is 0 Å². The number of hydrogen-bond acceptors (Lipinski definition) is 3. The van der Waals surface area contributed by atoms with Crippen LogP contribution in [0.15, 0.2) is 78.9 Å². The molecule has 39 heavy (non-hydrogen) atoms. The summed E-state index contributed by atoms with van der Waals surface area (Å²) in [6.45, 7) is 6.50. The van der Waals surface area contributed by atoms with E-state index in [9.17, 15) is 9.59 Å². The maximum absolute atomic E-state index is 13.8. The SMILES string of the molecule is CC(C)(C)c1ccc(OCC(=O)N(Cc2ccccc2Cl)[C@@H](Cc2ccccc2)C(=O)NC2CCCC2)cc1. The van der Waals surface area contributed by atoms with Crippen LogP contribution in [0.1, 0.15) is 63.1 Å². The third-order valence-electron chi connectivity index (χ3n) is 7.35. The third kappa shape index (κ3) is 8.09. The smallest absolute Gasteiger partial charge is 0.261 e. The Kier molecular flexibility index (Phi) is 9.68. The average molecular weight is 547 g/mol. The lowest BCUT2D eigenvalue weighted by Crippen LogP contribution is -2.53. The van der Waals surface area contributed by atoms with E-state index in [-0.39, 0.29) is 36.4 Å². The van der Waals surface area contributed by atoms with Gasteiger partial charge in [0.2, 0.25) is 5.91 Å². The van der Waals surface area contributed by atoms with Crippen molar-refractivity contribution in [3.63, 3.8) is 0 Å². The summed E-state index contributed by atoms with van der Waals surface area (Å²) in [4.78, 5) is 29.2. The molecule has 0 bridgehead atoms. The Morgan fingerprint density at radius 1 is 0.949 bits per heavy atom. The average Bonchev–Trinajstić information content (AvgIpc) is 3.43. The minimum atomic E-state index is -0.705. The molecule has 0 spiro atoms. The lowest BCUT2D eigenvalue weighted by molar-refractivity contribution is -0.143. The molecule has 1 N–H and O–H groups in total. The molecule has 4 rings (SSSR count). The van der Waals surface area contributed by atoms with Crippen LogP contribution in [0.3, 0.4) is 0 Å². The lowest BCUT2D eigenvalue weighted by Gasteiger charge is -2.32. The molecule has 0 aromatic heterocycles. The van der Waals surface area contributed by atoms with Crippen molar-refractivity contribution in [2.45, 2.75) is 76.9 Å². The van der Waals surface area contributed by atoms with Gasteiger partial charge < -0.3 is 15.0 Å². The molecule has 6 heteroatoms. The number of benzene rings is 3. The van der Waals surface area contributed by atoms with E-state index in [0.717, 1.165) is 36.8 Å². The second-order valence-electron chi connectivity index (χ2n) is 11.4. The molecule has 1 saturated carbocycles. The van der Waals surface area contributed by atoms with E-state index in [0.29, 0.717) is 17.2 Å². The Bertz CT molecular complexity index is 1230. The Hall–Kier alpha value is -3.31. The van der Waals surface area contributed by atoms with E-state index < -0.39 is 6.04 Å². The number of carbonyl (C=O) groups is 2. The highest BCUT2D eigenvalue weighted by atomic mass is 35.5. The molecule has 2 amide bonds. The third-order valence-corrected chi connectivity index (χ3v) is 7.72. The summed E-state index contributed by atoms with van der Waals surface area (Å²) in [6, 6.07) is 24.5. The molecule has 0 aliphatic heterocycles. The minimum absolute atomic E-state index is 0.0252. The number of rotatable bonds is 10. The van der Waals surface area contributed by atoms with Crippen LogP contribution in [0, 0.1) is 0 Å². The second kappa shape index (κ2) is 13.2. The summed E-state index contributed by atoms with van der Waals surface area (Å²) >= 11 is 6.51. The molecule has 3 aromatic rings. The molecule has 1 atom stereocenters. The minimum Gasteiger partial charge on any atom is -0.484 e. The van der Waals surface area contributed by atoms with Crippen LogP contribution in [-0.4, -0.2) is 35.4 Å². The van der Waals surface area contributed by atoms with Crippen molar-refractivity contribution in [3.8, 4) is 5.75 Å². The Labute approximate surface area is 237 Å². The number of ether oxygens (including phenoxy) is 1. The molecule has 1 aliphatic carbocycles. The van der Waals surface area contributed by atoms with Gasteiger partial charge in [-0.2, -0.15) is 0 Å². The summed E-state index contributed by atoms with van der Waals surface area (Å²) in [7, 11) is 0. The van der Waals surface area contributed by atoms with E-state index >= 15 is 0 Å².